The van der Waals surface area contributed by atoms with Gasteiger partial charge >= 0.3 is 0 Å². The molecule has 2 aromatic heterocycles. The number of rotatable bonds is 7. The number of nitrogens with one attached hydrogen (secondary N) is 1. The summed E-state index contributed by atoms with van der Waals surface area (Å²) in [5, 5.41) is 8.65. The highest BCUT2D eigenvalue weighted by atomic mass is 32.1. The summed E-state index contributed by atoms with van der Waals surface area (Å²) in [4.78, 5) is 12.9. The molecule has 1 N–H and O–H groups in total. The Bertz CT molecular complexity index is 1220. The van der Waals surface area contributed by atoms with Gasteiger partial charge in [0.05, 0.1) is 23.3 Å². The maximum atomic E-state index is 13.6. The molecule has 5 nitrogen and oxygen atoms in total. The second kappa shape index (κ2) is 9.05. The average Bonchev–Trinajstić information content (AvgIpc) is 3.37. The van der Waals surface area contributed by atoms with Crippen molar-refractivity contribution < 1.29 is 22.7 Å². The molecule has 0 unspecified atom stereocenters. The van der Waals surface area contributed by atoms with Crippen molar-refractivity contribution >= 4 is 22.9 Å². The number of nitrogens with zero attached hydrogens (tertiary/aromatic N) is 2. The molecule has 2 heterocycles. The van der Waals surface area contributed by atoms with Crippen molar-refractivity contribution in [2.75, 3.05) is 5.32 Å². The molecular weight excluding hydrogens is 427 g/mol. The van der Waals surface area contributed by atoms with E-state index in [4.69, 9.17) is 4.74 Å². The molecule has 9 heteroatoms. The molecule has 0 fully saturated rings. The highest BCUT2D eigenvalue weighted by Gasteiger charge is 2.12. The standard InChI is InChI=1S/C22H16F3N3O2S/c23-16-3-1-2-14(6-16)10-28-11-18(9-26-28)27-22(29)21-7-15(13-31-21)12-30-20-5-4-17(24)8-19(20)25/h1-9,11,13H,10,12H2,(H,27,29). The van der Waals surface area contributed by atoms with Gasteiger partial charge in [0.2, 0.25) is 0 Å². The molecule has 2 aromatic carbocycles. The van der Waals surface area contributed by atoms with Crippen LogP contribution in [0.2, 0.25) is 0 Å². The van der Waals surface area contributed by atoms with Crippen molar-refractivity contribution in [2.24, 2.45) is 0 Å². The van der Waals surface area contributed by atoms with Gasteiger partial charge in [-0.05, 0) is 41.3 Å². The molecule has 0 atom stereocenters. The smallest absolute Gasteiger partial charge is 0.265 e. The molecule has 31 heavy (non-hydrogen) atoms. The minimum atomic E-state index is -0.788. The van der Waals surface area contributed by atoms with E-state index in [1.54, 1.807) is 34.5 Å². The second-order valence-electron chi connectivity index (χ2n) is 6.69. The second-order valence-corrected chi connectivity index (χ2v) is 7.60. The van der Waals surface area contributed by atoms with E-state index in [9.17, 15) is 18.0 Å². The summed E-state index contributed by atoms with van der Waals surface area (Å²) in [6, 6.07) is 10.9. The maximum Gasteiger partial charge on any atom is 0.265 e. The number of halogens is 3. The van der Waals surface area contributed by atoms with Gasteiger partial charge in [0.15, 0.2) is 11.6 Å². The molecule has 4 rings (SSSR count). The van der Waals surface area contributed by atoms with Crippen LogP contribution in [0.3, 0.4) is 0 Å². The van der Waals surface area contributed by atoms with E-state index < -0.39 is 11.6 Å². The van der Waals surface area contributed by atoms with Gasteiger partial charge in [0, 0.05) is 17.8 Å². The summed E-state index contributed by atoms with van der Waals surface area (Å²) in [6.07, 6.45) is 3.16. The molecule has 0 aliphatic heterocycles. The minimum absolute atomic E-state index is 0.0396. The molecule has 0 aliphatic carbocycles. The number of amides is 1. The Morgan fingerprint density at radius 1 is 1.06 bits per heavy atom. The summed E-state index contributed by atoms with van der Waals surface area (Å²) >= 11 is 1.22. The topological polar surface area (TPSA) is 56.2 Å². The molecule has 0 bridgehead atoms. The van der Waals surface area contributed by atoms with Crippen LogP contribution in [-0.4, -0.2) is 15.7 Å². The maximum absolute atomic E-state index is 13.6. The summed E-state index contributed by atoms with van der Waals surface area (Å²) in [5.74, 6) is -2.18. The van der Waals surface area contributed by atoms with Crippen LogP contribution >= 0.6 is 11.3 Å². The summed E-state index contributed by atoms with van der Waals surface area (Å²) < 4.78 is 46.8. The van der Waals surface area contributed by atoms with Gasteiger partial charge in [-0.3, -0.25) is 9.48 Å². The zero-order chi connectivity index (χ0) is 21.8. The SMILES string of the molecule is O=C(Nc1cnn(Cc2cccc(F)c2)c1)c1cc(COc2ccc(F)cc2F)cs1. The number of hydrogen-bond acceptors (Lipinski definition) is 4. The van der Waals surface area contributed by atoms with Gasteiger partial charge in [-0.25, -0.2) is 13.2 Å². The van der Waals surface area contributed by atoms with Gasteiger partial charge in [-0.1, -0.05) is 12.1 Å². The van der Waals surface area contributed by atoms with Crippen molar-refractivity contribution in [1.29, 1.82) is 0 Å². The lowest BCUT2D eigenvalue weighted by Gasteiger charge is -2.05. The van der Waals surface area contributed by atoms with Crippen molar-refractivity contribution in [3.63, 3.8) is 0 Å². The van der Waals surface area contributed by atoms with Crippen LogP contribution in [0.15, 0.2) is 66.3 Å². The summed E-state index contributed by atoms with van der Waals surface area (Å²) in [6.45, 7) is 0.409. The van der Waals surface area contributed by atoms with Crippen molar-refractivity contribution in [3.8, 4) is 5.75 Å². The summed E-state index contributed by atoms with van der Waals surface area (Å²) in [7, 11) is 0. The van der Waals surface area contributed by atoms with E-state index in [0.717, 1.165) is 17.7 Å². The Labute approximate surface area is 179 Å². The van der Waals surface area contributed by atoms with Crippen LogP contribution in [0.1, 0.15) is 20.8 Å². The van der Waals surface area contributed by atoms with Crippen molar-refractivity contribution in [1.82, 2.24) is 9.78 Å². The highest BCUT2D eigenvalue weighted by Crippen LogP contribution is 2.22. The van der Waals surface area contributed by atoms with Crippen molar-refractivity contribution in [3.05, 3.63) is 99.8 Å². The molecule has 1 amide bonds. The lowest BCUT2D eigenvalue weighted by Crippen LogP contribution is -2.09. The van der Waals surface area contributed by atoms with E-state index in [1.807, 2.05) is 0 Å². The quantitative estimate of drug-likeness (QED) is 0.425. The van der Waals surface area contributed by atoms with Crippen LogP contribution in [0, 0.1) is 17.5 Å². The zero-order valence-corrected chi connectivity index (χ0v) is 16.8. The van der Waals surface area contributed by atoms with Gasteiger partial charge < -0.3 is 10.1 Å². The Kier molecular flexibility index (Phi) is 6.03. The molecule has 4 aromatic rings. The van der Waals surface area contributed by atoms with Crippen LogP contribution < -0.4 is 10.1 Å². The van der Waals surface area contributed by atoms with Gasteiger partial charge in [-0.2, -0.15) is 5.10 Å². The molecule has 0 saturated carbocycles. The Morgan fingerprint density at radius 3 is 2.71 bits per heavy atom. The van der Waals surface area contributed by atoms with E-state index >= 15 is 0 Å². The first kappa shape index (κ1) is 20.7. The zero-order valence-electron chi connectivity index (χ0n) is 16.0. The van der Waals surface area contributed by atoms with Crippen LogP contribution in [0.4, 0.5) is 18.9 Å². The Hall–Kier alpha value is -3.59. The van der Waals surface area contributed by atoms with E-state index in [0.29, 0.717) is 22.7 Å². The fourth-order valence-electron chi connectivity index (χ4n) is 2.85. The number of hydrogen-bond donors (Lipinski definition) is 1. The lowest BCUT2D eigenvalue weighted by atomic mass is 10.2. The summed E-state index contributed by atoms with van der Waals surface area (Å²) in [5.41, 5.74) is 1.93. The van der Waals surface area contributed by atoms with Crippen LogP contribution in [0.25, 0.3) is 0 Å². The normalized spacial score (nSPS) is 10.8. The first-order chi connectivity index (χ1) is 15.0. The third-order valence-electron chi connectivity index (χ3n) is 4.29. The number of carbonyl (C=O) groups is 1. The number of ether oxygens (including phenoxy) is 1. The first-order valence-electron chi connectivity index (χ1n) is 9.20. The number of aromatic nitrogens is 2. The number of anilines is 1. The monoisotopic (exact) mass is 443 g/mol. The molecule has 0 spiro atoms. The molecular formula is C22H16F3N3O2S. The predicted octanol–water partition coefficient (Wildman–Crippen LogP) is 5.24. The van der Waals surface area contributed by atoms with E-state index in [1.165, 1.54) is 35.7 Å². The van der Waals surface area contributed by atoms with Gasteiger partial charge in [0.1, 0.15) is 18.2 Å². The van der Waals surface area contributed by atoms with E-state index in [-0.39, 0.29) is 24.1 Å². The average molecular weight is 443 g/mol. The molecule has 158 valence electrons. The Morgan fingerprint density at radius 2 is 1.90 bits per heavy atom. The number of benzene rings is 2. The predicted molar refractivity (Wildman–Crippen MR) is 111 cm³/mol. The van der Waals surface area contributed by atoms with Crippen LogP contribution in [0.5, 0.6) is 5.75 Å². The molecule has 0 aliphatic rings. The number of carbonyl (C=O) groups excluding carboxylic acids is 1. The lowest BCUT2D eigenvalue weighted by molar-refractivity contribution is 0.103. The highest BCUT2D eigenvalue weighted by molar-refractivity contribution is 7.12. The Balaban J connectivity index is 1.34. The molecule has 0 saturated heterocycles. The third-order valence-corrected chi connectivity index (χ3v) is 5.27. The number of thiophene rings is 1. The van der Waals surface area contributed by atoms with Crippen molar-refractivity contribution in [2.45, 2.75) is 13.2 Å². The first-order valence-corrected chi connectivity index (χ1v) is 10.1. The van der Waals surface area contributed by atoms with Gasteiger partial charge in [-0.15, -0.1) is 11.3 Å². The van der Waals surface area contributed by atoms with Crippen LogP contribution in [-0.2, 0) is 13.2 Å². The van der Waals surface area contributed by atoms with Gasteiger partial charge in [0.25, 0.3) is 5.91 Å². The fraction of sp³-hybridized carbons (Fsp3) is 0.0909. The third kappa shape index (κ3) is 5.32. The molecule has 0 radical (unpaired) electrons. The largest absolute Gasteiger partial charge is 0.486 e. The minimum Gasteiger partial charge on any atom is -0.486 e. The fourth-order valence-corrected chi connectivity index (χ4v) is 3.65. The van der Waals surface area contributed by atoms with E-state index in [2.05, 4.69) is 10.4 Å².